The molecule has 1 aromatic heterocycles. The lowest BCUT2D eigenvalue weighted by Gasteiger charge is -2.29. The molecule has 2 heterocycles. The highest BCUT2D eigenvalue weighted by Crippen LogP contribution is 2.19. The molecule has 7 nitrogen and oxygen atoms in total. The molecular formula is C20H24N4O3S. The van der Waals surface area contributed by atoms with E-state index >= 15 is 0 Å². The molecule has 0 saturated carbocycles. The second-order valence-electron chi connectivity index (χ2n) is 6.68. The van der Waals surface area contributed by atoms with Gasteiger partial charge in [0.1, 0.15) is 0 Å². The summed E-state index contributed by atoms with van der Waals surface area (Å²) < 4.78 is 0. The van der Waals surface area contributed by atoms with Gasteiger partial charge in [0, 0.05) is 30.9 Å². The van der Waals surface area contributed by atoms with Gasteiger partial charge in [-0.1, -0.05) is 24.3 Å². The quantitative estimate of drug-likeness (QED) is 0.532. The lowest BCUT2D eigenvalue weighted by Crippen LogP contribution is -2.47. The number of urea groups is 1. The van der Waals surface area contributed by atoms with Crippen LogP contribution in [0, 0.1) is 6.92 Å². The van der Waals surface area contributed by atoms with E-state index in [-0.39, 0.29) is 11.8 Å². The van der Waals surface area contributed by atoms with Crippen LogP contribution in [0.3, 0.4) is 0 Å². The fourth-order valence-electron chi connectivity index (χ4n) is 3.08. The average molecular weight is 401 g/mol. The van der Waals surface area contributed by atoms with Gasteiger partial charge in [-0.05, 0) is 43.0 Å². The van der Waals surface area contributed by atoms with Gasteiger partial charge < -0.3 is 10.2 Å². The highest BCUT2D eigenvalue weighted by Gasteiger charge is 2.19. The Morgan fingerprint density at radius 2 is 1.86 bits per heavy atom. The molecular weight excluding hydrogens is 376 g/mol. The molecule has 0 spiro atoms. The van der Waals surface area contributed by atoms with E-state index in [1.54, 1.807) is 6.07 Å². The van der Waals surface area contributed by atoms with Crippen LogP contribution >= 0.6 is 11.3 Å². The van der Waals surface area contributed by atoms with Gasteiger partial charge >= 0.3 is 6.03 Å². The van der Waals surface area contributed by atoms with Crippen molar-refractivity contribution in [2.45, 2.75) is 32.7 Å². The van der Waals surface area contributed by atoms with Crippen molar-refractivity contribution in [3.8, 4) is 0 Å². The predicted octanol–water partition coefficient (Wildman–Crippen LogP) is 2.37. The first-order valence-corrected chi connectivity index (χ1v) is 10.1. The molecule has 0 unspecified atom stereocenters. The number of carbonyl (C=O) groups is 3. The van der Waals surface area contributed by atoms with E-state index < -0.39 is 6.03 Å². The summed E-state index contributed by atoms with van der Waals surface area (Å²) >= 11 is 1.36. The van der Waals surface area contributed by atoms with E-state index in [0.29, 0.717) is 30.8 Å². The Balaban J connectivity index is 1.31. The molecule has 0 fully saturated rings. The van der Waals surface area contributed by atoms with E-state index in [1.807, 2.05) is 30.0 Å². The molecule has 3 N–H and O–H groups in total. The number of hydrogen-bond acceptors (Lipinski definition) is 4. The molecule has 1 aliphatic heterocycles. The van der Waals surface area contributed by atoms with Gasteiger partial charge in [-0.25, -0.2) is 10.2 Å². The van der Waals surface area contributed by atoms with Gasteiger partial charge in [0.05, 0.1) is 4.88 Å². The van der Waals surface area contributed by atoms with Crippen molar-refractivity contribution < 1.29 is 14.4 Å². The number of thiophene rings is 1. The maximum atomic E-state index is 12.4. The third-order valence-corrected chi connectivity index (χ3v) is 5.59. The smallest absolute Gasteiger partial charge is 0.333 e. The number of nitrogens with one attached hydrogen (secondary N) is 3. The number of amides is 4. The number of benzene rings is 1. The molecule has 3 rings (SSSR count). The third kappa shape index (κ3) is 5.32. The minimum Gasteiger partial charge on any atom is -0.338 e. The van der Waals surface area contributed by atoms with E-state index in [2.05, 4.69) is 28.3 Å². The first-order chi connectivity index (χ1) is 13.5. The summed E-state index contributed by atoms with van der Waals surface area (Å²) in [6.07, 6.45) is 1.80. The van der Waals surface area contributed by atoms with Gasteiger partial charge in [0.25, 0.3) is 5.91 Å². The summed E-state index contributed by atoms with van der Waals surface area (Å²) in [6, 6.07) is 11.2. The van der Waals surface area contributed by atoms with Crippen molar-refractivity contribution in [3.63, 3.8) is 0 Å². The molecule has 0 saturated heterocycles. The van der Waals surface area contributed by atoms with Crippen LogP contribution in [0.4, 0.5) is 4.79 Å². The number of hydrazine groups is 1. The fraction of sp³-hybridized carbons (Fsp3) is 0.350. The fourth-order valence-corrected chi connectivity index (χ4v) is 3.85. The lowest BCUT2D eigenvalue weighted by atomic mass is 9.99. The second kappa shape index (κ2) is 9.36. The summed E-state index contributed by atoms with van der Waals surface area (Å²) in [5.74, 6) is -0.258. The van der Waals surface area contributed by atoms with Crippen LogP contribution in [0.5, 0.6) is 0 Å². The van der Waals surface area contributed by atoms with Crippen LogP contribution in [0.15, 0.2) is 36.4 Å². The first-order valence-electron chi connectivity index (χ1n) is 9.28. The van der Waals surface area contributed by atoms with Crippen LogP contribution in [0.1, 0.15) is 38.5 Å². The van der Waals surface area contributed by atoms with Gasteiger partial charge in [-0.3, -0.25) is 15.0 Å². The van der Waals surface area contributed by atoms with E-state index in [1.165, 1.54) is 22.5 Å². The third-order valence-electron chi connectivity index (χ3n) is 4.59. The van der Waals surface area contributed by atoms with Crippen LogP contribution in [-0.4, -0.2) is 35.8 Å². The Labute approximate surface area is 168 Å². The molecule has 4 amide bonds. The van der Waals surface area contributed by atoms with Crippen molar-refractivity contribution >= 4 is 29.2 Å². The Bertz CT molecular complexity index is 865. The SMILES string of the molecule is Cc1ccc(C(=O)NNC(=O)NCCCC(=O)N2CCc3ccccc3C2)s1. The molecule has 2 aromatic rings. The van der Waals surface area contributed by atoms with Crippen molar-refractivity contribution in [3.05, 3.63) is 57.3 Å². The number of hydrogen-bond donors (Lipinski definition) is 3. The highest BCUT2D eigenvalue weighted by molar-refractivity contribution is 7.13. The minimum absolute atomic E-state index is 0.0954. The van der Waals surface area contributed by atoms with Crippen molar-refractivity contribution in [2.24, 2.45) is 0 Å². The number of fused-ring (bicyclic) bond motifs is 1. The van der Waals surface area contributed by atoms with E-state index in [9.17, 15) is 14.4 Å². The lowest BCUT2D eigenvalue weighted by molar-refractivity contribution is -0.132. The maximum absolute atomic E-state index is 12.4. The average Bonchev–Trinajstić information content (AvgIpc) is 3.15. The van der Waals surface area contributed by atoms with Gasteiger partial charge in [0.2, 0.25) is 5.91 Å². The molecule has 0 radical (unpaired) electrons. The van der Waals surface area contributed by atoms with E-state index in [4.69, 9.17) is 0 Å². The van der Waals surface area contributed by atoms with Crippen molar-refractivity contribution in [1.29, 1.82) is 0 Å². The molecule has 0 aliphatic carbocycles. The molecule has 0 atom stereocenters. The second-order valence-corrected chi connectivity index (χ2v) is 7.97. The standard InChI is InChI=1S/C20H24N4O3S/c1-14-8-9-17(28-14)19(26)22-23-20(27)21-11-4-7-18(25)24-12-10-15-5-2-3-6-16(15)13-24/h2-3,5-6,8-9H,4,7,10-13H2,1H3,(H,22,26)(H2,21,23,27). The zero-order valence-electron chi connectivity index (χ0n) is 15.8. The summed E-state index contributed by atoms with van der Waals surface area (Å²) in [4.78, 5) is 39.4. The normalized spacial score (nSPS) is 12.8. The zero-order chi connectivity index (χ0) is 19.9. The van der Waals surface area contributed by atoms with Crippen molar-refractivity contribution in [2.75, 3.05) is 13.1 Å². The monoisotopic (exact) mass is 400 g/mol. The van der Waals surface area contributed by atoms with E-state index in [0.717, 1.165) is 17.8 Å². The van der Waals surface area contributed by atoms with Gasteiger partial charge in [-0.15, -0.1) is 11.3 Å². The zero-order valence-corrected chi connectivity index (χ0v) is 16.6. The maximum Gasteiger partial charge on any atom is 0.333 e. The van der Waals surface area contributed by atoms with Crippen LogP contribution in [0.2, 0.25) is 0 Å². The largest absolute Gasteiger partial charge is 0.338 e. The number of aryl methyl sites for hydroxylation is 1. The molecule has 28 heavy (non-hydrogen) atoms. The predicted molar refractivity (Wildman–Crippen MR) is 108 cm³/mol. The molecule has 8 heteroatoms. The van der Waals surface area contributed by atoms with Crippen LogP contribution in [-0.2, 0) is 17.8 Å². The first kappa shape index (κ1) is 19.9. The topological polar surface area (TPSA) is 90.5 Å². The minimum atomic E-state index is -0.499. The van der Waals surface area contributed by atoms with Crippen LogP contribution in [0.25, 0.3) is 0 Å². The van der Waals surface area contributed by atoms with Crippen molar-refractivity contribution in [1.82, 2.24) is 21.1 Å². The Morgan fingerprint density at radius 1 is 1.07 bits per heavy atom. The molecule has 148 valence electrons. The van der Waals surface area contributed by atoms with Crippen LogP contribution < -0.4 is 16.2 Å². The molecule has 0 bridgehead atoms. The highest BCUT2D eigenvalue weighted by atomic mass is 32.1. The Hall–Kier alpha value is -2.87. The summed E-state index contributed by atoms with van der Waals surface area (Å²) in [6.45, 7) is 3.65. The Kier molecular flexibility index (Phi) is 6.65. The van der Waals surface area contributed by atoms with Gasteiger partial charge in [-0.2, -0.15) is 0 Å². The summed E-state index contributed by atoms with van der Waals surface area (Å²) in [5, 5.41) is 2.64. The number of carbonyl (C=O) groups excluding carboxylic acids is 3. The number of rotatable bonds is 5. The Morgan fingerprint density at radius 3 is 2.61 bits per heavy atom. The van der Waals surface area contributed by atoms with Gasteiger partial charge in [0.15, 0.2) is 0 Å². The molecule has 1 aliphatic rings. The summed E-state index contributed by atoms with van der Waals surface area (Å²) in [7, 11) is 0. The molecule has 1 aromatic carbocycles. The summed E-state index contributed by atoms with van der Waals surface area (Å²) in [5.41, 5.74) is 7.19. The number of nitrogens with zero attached hydrogens (tertiary/aromatic N) is 1.